The number of unbranched alkanes of at least 4 members (excludes halogenated alkanes) is 1. The summed E-state index contributed by atoms with van der Waals surface area (Å²) in [6.07, 6.45) is 6.98. The third kappa shape index (κ3) is 10.4. The van der Waals surface area contributed by atoms with E-state index in [-0.39, 0.29) is 55.2 Å². The molecule has 5 atom stereocenters. The second-order valence-corrected chi connectivity index (χ2v) is 18.8. The number of ketones is 1. The Bertz CT molecular complexity index is 2930. The number of para-hydroxylation sites is 2. The molecule has 1 unspecified atom stereocenters. The van der Waals surface area contributed by atoms with E-state index in [9.17, 15) is 28.8 Å². The van der Waals surface area contributed by atoms with Gasteiger partial charge in [0.25, 0.3) is 5.91 Å². The van der Waals surface area contributed by atoms with Crippen LogP contribution >= 0.6 is 0 Å². The summed E-state index contributed by atoms with van der Waals surface area (Å²) in [6, 6.07) is 22.4. The topological polar surface area (TPSA) is 206 Å². The molecule has 17 heteroatoms. The highest BCUT2D eigenvalue weighted by Gasteiger charge is 2.43. The van der Waals surface area contributed by atoms with Crippen LogP contribution in [0.15, 0.2) is 107 Å². The highest BCUT2D eigenvalue weighted by atomic mass is 16.5. The molecule has 4 aromatic carbocycles. The summed E-state index contributed by atoms with van der Waals surface area (Å²) in [5.41, 5.74) is 7.25. The van der Waals surface area contributed by atoms with E-state index < -0.39 is 29.8 Å². The van der Waals surface area contributed by atoms with Crippen molar-refractivity contribution in [2.24, 2.45) is 10.9 Å². The Balaban J connectivity index is 0.926. The first-order valence-electron chi connectivity index (χ1n) is 24.4. The molecule has 5 amide bonds. The van der Waals surface area contributed by atoms with Gasteiger partial charge in [0.1, 0.15) is 36.8 Å². The fourth-order valence-corrected chi connectivity index (χ4v) is 9.95. The minimum absolute atomic E-state index is 0.000558. The van der Waals surface area contributed by atoms with Crippen molar-refractivity contribution in [2.45, 2.75) is 103 Å². The number of nitrogens with zero attached hydrogens (tertiary/aromatic N) is 3. The van der Waals surface area contributed by atoms with Gasteiger partial charge in [0.2, 0.25) is 23.6 Å². The molecule has 4 heterocycles. The summed E-state index contributed by atoms with van der Waals surface area (Å²) >= 11 is 0. The van der Waals surface area contributed by atoms with Crippen LogP contribution in [-0.2, 0) is 59.5 Å². The first-order chi connectivity index (χ1) is 34.8. The highest BCUT2D eigenvalue weighted by Crippen LogP contribution is 2.42. The number of anilines is 3. The summed E-state index contributed by atoms with van der Waals surface area (Å²) < 4.78 is 24.5. The molecule has 1 saturated heterocycles. The number of Topliss-reactive ketones (excluding diaryl/α,β-unsaturated/α-hetero) is 1. The zero-order chi connectivity index (χ0) is 50.6. The second kappa shape index (κ2) is 21.2. The Kier molecular flexibility index (Phi) is 14.4. The lowest BCUT2D eigenvalue weighted by Crippen LogP contribution is -2.50. The SMILES string of the molecule is COC1=C(OCc2cc(COc3cc4c(cc3OC)C(=O)N3c5ccccc5C[C@H]3C=N4)cc(NC(=O)[C@H](C)NC(=O)[C@H](C)NC(=O)CCCCC(C)=O)c2)C=C2NC[C@@H]3Cc4ccccc4N3C(=O)C2C1. The molecule has 4 N–H and O–H groups in total. The quantitative estimate of drug-likeness (QED) is 0.0793. The highest BCUT2D eigenvalue weighted by molar-refractivity contribution is 6.15. The molecule has 0 aromatic heterocycles. The number of fused-ring (bicyclic) bond motifs is 8. The third-order valence-electron chi connectivity index (χ3n) is 13.7. The molecule has 4 aromatic rings. The lowest BCUT2D eigenvalue weighted by molar-refractivity contribution is -0.130. The van der Waals surface area contributed by atoms with Crippen molar-refractivity contribution in [1.29, 1.82) is 0 Å². The monoisotopic (exact) mass is 977 g/mol. The van der Waals surface area contributed by atoms with Crippen LogP contribution in [0.3, 0.4) is 0 Å². The lowest BCUT2D eigenvalue weighted by atomic mass is 9.93. The molecule has 0 bridgehead atoms. The molecule has 72 heavy (non-hydrogen) atoms. The predicted octanol–water partition coefficient (Wildman–Crippen LogP) is 6.50. The van der Waals surface area contributed by atoms with Gasteiger partial charge in [0, 0.05) is 73.3 Å². The number of benzene rings is 4. The van der Waals surface area contributed by atoms with Crippen molar-refractivity contribution in [3.8, 4) is 11.5 Å². The van der Waals surface area contributed by atoms with E-state index in [0.717, 1.165) is 34.6 Å². The summed E-state index contributed by atoms with van der Waals surface area (Å²) in [7, 11) is 3.06. The average molecular weight is 978 g/mol. The molecule has 1 fully saturated rings. The van der Waals surface area contributed by atoms with Crippen molar-refractivity contribution < 1.29 is 47.7 Å². The van der Waals surface area contributed by atoms with Gasteiger partial charge in [-0.05, 0) is 98.7 Å². The molecule has 0 spiro atoms. The first kappa shape index (κ1) is 49.0. The number of carbonyl (C=O) groups is 6. The summed E-state index contributed by atoms with van der Waals surface area (Å²) in [6.45, 7) is 5.18. The maximum Gasteiger partial charge on any atom is 0.261 e. The van der Waals surface area contributed by atoms with Gasteiger partial charge in [0.05, 0.1) is 43.5 Å². The molecular weight excluding hydrogens is 919 g/mol. The van der Waals surface area contributed by atoms with E-state index >= 15 is 0 Å². The maximum absolute atomic E-state index is 14.2. The van der Waals surface area contributed by atoms with Crippen molar-refractivity contribution in [1.82, 2.24) is 16.0 Å². The number of amides is 5. The van der Waals surface area contributed by atoms with Gasteiger partial charge in [-0.2, -0.15) is 0 Å². The zero-order valence-electron chi connectivity index (χ0n) is 41.0. The number of hydrogen-bond acceptors (Lipinski definition) is 12. The zero-order valence-corrected chi connectivity index (χ0v) is 41.0. The van der Waals surface area contributed by atoms with E-state index in [1.54, 1.807) is 49.4 Å². The standard InChI is InChI=1S/C55H59N7O10/c1-31(63)12-6-11-17-51(64)58-32(2)52(65)59-33(3)53(66)60-38-19-34(29-71-49-25-43-41(23-47(49)69-4)54(67)61-39(27-56-43)21-36-13-7-9-15-45(36)61)18-35(20-38)30-72-50-26-44-42(24-48(50)70-5)55(68)62-40(28-57-44)22-37-14-8-10-16-46(37)62/h7-10,13-16,18-20,23,25-27,32-33,39-40,42,57H,6,11-12,17,21-22,24,28-30H2,1-5H3,(H,58,64)(H,59,65)(H,60,66)/t32-,33-,39-,40-,42?/m0/s1. The van der Waals surface area contributed by atoms with E-state index in [0.29, 0.717) is 89.7 Å². The second-order valence-electron chi connectivity index (χ2n) is 18.8. The Morgan fingerprint density at radius 3 is 2.17 bits per heavy atom. The van der Waals surface area contributed by atoms with Crippen LogP contribution in [0.2, 0.25) is 0 Å². The number of rotatable bonds is 18. The number of aliphatic imine (C=N–C) groups is 1. The van der Waals surface area contributed by atoms with Crippen molar-refractivity contribution in [3.05, 3.63) is 130 Å². The average Bonchev–Trinajstić information content (AvgIpc) is 3.86. The fraction of sp³-hybridized carbons (Fsp3) is 0.364. The van der Waals surface area contributed by atoms with Crippen molar-refractivity contribution in [2.75, 3.05) is 35.9 Å². The summed E-state index contributed by atoms with van der Waals surface area (Å²) in [4.78, 5) is 87.2. The number of nitrogens with one attached hydrogen (secondary N) is 4. The van der Waals surface area contributed by atoms with Gasteiger partial charge in [-0.25, -0.2) is 0 Å². The van der Waals surface area contributed by atoms with Gasteiger partial charge in [-0.1, -0.05) is 36.4 Å². The molecule has 0 radical (unpaired) electrons. The Hall–Kier alpha value is -7.95. The molecule has 9 rings (SSSR count). The van der Waals surface area contributed by atoms with Crippen LogP contribution in [0, 0.1) is 5.92 Å². The van der Waals surface area contributed by atoms with Gasteiger partial charge >= 0.3 is 0 Å². The normalized spacial score (nSPS) is 19.1. The van der Waals surface area contributed by atoms with Crippen LogP contribution in [-0.4, -0.2) is 86.5 Å². The fourth-order valence-electron chi connectivity index (χ4n) is 9.95. The number of ether oxygens (including phenoxy) is 4. The summed E-state index contributed by atoms with van der Waals surface area (Å²) in [5, 5.41) is 11.8. The minimum Gasteiger partial charge on any atom is -0.497 e. The van der Waals surface area contributed by atoms with Crippen LogP contribution < -0.4 is 40.5 Å². The number of carbonyl (C=O) groups excluding carboxylic acids is 6. The van der Waals surface area contributed by atoms with Crippen molar-refractivity contribution in [3.63, 3.8) is 0 Å². The van der Waals surface area contributed by atoms with Crippen LogP contribution in [0.25, 0.3) is 0 Å². The number of hydrogen-bond donors (Lipinski definition) is 4. The maximum atomic E-state index is 14.2. The van der Waals surface area contributed by atoms with Crippen molar-refractivity contribution >= 4 is 64.3 Å². The van der Waals surface area contributed by atoms with Gasteiger partial charge in [-0.3, -0.25) is 33.9 Å². The van der Waals surface area contributed by atoms with Gasteiger partial charge < -0.3 is 49.9 Å². The number of methoxy groups -OCH3 is 2. The van der Waals surface area contributed by atoms with Gasteiger partial charge in [-0.15, -0.1) is 0 Å². The van der Waals surface area contributed by atoms with Crippen LogP contribution in [0.4, 0.5) is 22.7 Å². The minimum atomic E-state index is -1.00. The lowest BCUT2D eigenvalue weighted by Gasteiger charge is -2.28. The number of allylic oxidation sites excluding steroid dienone is 2. The van der Waals surface area contributed by atoms with E-state index in [1.807, 2.05) is 59.5 Å². The van der Waals surface area contributed by atoms with Crippen LogP contribution in [0.5, 0.6) is 11.5 Å². The summed E-state index contributed by atoms with van der Waals surface area (Å²) in [5.74, 6) is -0.368. The largest absolute Gasteiger partial charge is 0.497 e. The Morgan fingerprint density at radius 2 is 1.44 bits per heavy atom. The third-order valence-corrected chi connectivity index (χ3v) is 13.7. The molecular formula is C55H59N7O10. The van der Waals surface area contributed by atoms with E-state index in [2.05, 4.69) is 27.3 Å². The van der Waals surface area contributed by atoms with E-state index in [4.69, 9.17) is 23.9 Å². The molecule has 1 aliphatic carbocycles. The predicted molar refractivity (Wildman–Crippen MR) is 270 cm³/mol. The molecule has 374 valence electrons. The molecule has 17 nitrogen and oxygen atoms in total. The van der Waals surface area contributed by atoms with E-state index in [1.165, 1.54) is 21.0 Å². The smallest absolute Gasteiger partial charge is 0.261 e. The first-order valence-corrected chi connectivity index (χ1v) is 24.4. The Morgan fingerprint density at radius 1 is 0.764 bits per heavy atom. The molecule has 0 saturated carbocycles. The van der Waals surface area contributed by atoms with Gasteiger partial charge in [0.15, 0.2) is 17.3 Å². The molecule has 4 aliphatic heterocycles. The Labute approximate surface area is 418 Å². The molecule has 5 aliphatic rings. The van der Waals surface area contributed by atoms with Crippen LogP contribution in [0.1, 0.15) is 85.5 Å².